The number of furan rings is 1. The molecule has 0 aliphatic heterocycles. The second-order valence-electron chi connectivity index (χ2n) is 17.1. The second-order valence-corrected chi connectivity index (χ2v) is 17.1. The van der Waals surface area contributed by atoms with Gasteiger partial charge in [0.05, 0.1) is 11.4 Å². The van der Waals surface area contributed by atoms with Gasteiger partial charge in [-0.25, -0.2) is 0 Å². The predicted octanol–water partition coefficient (Wildman–Crippen LogP) is 14.9. The summed E-state index contributed by atoms with van der Waals surface area (Å²) in [6.07, 6.45) is 6.43. The normalized spacial score (nSPS) is 16.7. The molecule has 54 heavy (non-hydrogen) atoms. The van der Waals surface area contributed by atoms with E-state index in [1.807, 2.05) is 0 Å². The zero-order valence-electron chi connectivity index (χ0n) is 31.7. The Morgan fingerprint density at radius 2 is 1.09 bits per heavy atom. The Hall–Kier alpha value is -5.60. The SMILES string of the molecule is CC1(C)c2ccccc2-c2ccc3c(c21)C(C)(C)c1cccc2c(N(c4ccccc4)c4cccc5c4oc4c(C6CCCCC6)cccc45)ccc-3c12. The van der Waals surface area contributed by atoms with Gasteiger partial charge in [0.1, 0.15) is 5.58 Å². The van der Waals surface area contributed by atoms with Crippen LogP contribution in [-0.4, -0.2) is 0 Å². The fraction of sp³-hybridized carbons (Fsp3) is 0.231. The molecule has 3 aliphatic rings. The van der Waals surface area contributed by atoms with Crippen LogP contribution in [0.3, 0.4) is 0 Å². The smallest absolute Gasteiger partial charge is 0.159 e. The minimum absolute atomic E-state index is 0.0912. The molecule has 11 rings (SSSR count). The van der Waals surface area contributed by atoms with Gasteiger partial charge in [0.25, 0.3) is 0 Å². The Kier molecular flexibility index (Phi) is 6.76. The second kappa shape index (κ2) is 11.5. The van der Waals surface area contributed by atoms with Crippen LogP contribution in [0.4, 0.5) is 17.1 Å². The van der Waals surface area contributed by atoms with Crippen molar-refractivity contribution in [3.8, 4) is 22.3 Å². The number of hydrogen-bond donors (Lipinski definition) is 0. The van der Waals surface area contributed by atoms with Crippen LogP contribution in [-0.2, 0) is 10.8 Å². The van der Waals surface area contributed by atoms with Crippen molar-refractivity contribution in [3.63, 3.8) is 0 Å². The molecule has 0 N–H and O–H groups in total. The van der Waals surface area contributed by atoms with Crippen LogP contribution in [0.1, 0.15) is 93.5 Å². The van der Waals surface area contributed by atoms with E-state index in [4.69, 9.17) is 4.42 Å². The summed E-state index contributed by atoms with van der Waals surface area (Å²) in [6, 6.07) is 49.9. The Morgan fingerprint density at radius 3 is 1.89 bits per heavy atom. The van der Waals surface area contributed by atoms with E-state index in [1.54, 1.807) is 0 Å². The lowest BCUT2D eigenvalue weighted by Gasteiger charge is -2.40. The molecule has 0 bridgehead atoms. The number of benzene rings is 7. The fourth-order valence-electron chi connectivity index (χ4n) is 10.9. The van der Waals surface area contributed by atoms with E-state index in [0.29, 0.717) is 5.92 Å². The highest BCUT2D eigenvalue weighted by molar-refractivity contribution is 6.15. The van der Waals surface area contributed by atoms with Crippen molar-refractivity contribution in [2.45, 2.75) is 76.5 Å². The van der Waals surface area contributed by atoms with E-state index in [1.165, 1.54) is 104 Å². The van der Waals surface area contributed by atoms with Crippen LogP contribution in [0, 0.1) is 0 Å². The molecule has 0 atom stereocenters. The lowest BCUT2D eigenvalue weighted by Crippen LogP contribution is -2.29. The van der Waals surface area contributed by atoms with Crippen LogP contribution in [0.5, 0.6) is 0 Å². The van der Waals surface area contributed by atoms with Crippen molar-refractivity contribution in [1.29, 1.82) is 0 Å². The van der Waals surface area contributed by atoms with Crippen molar-refractivity contribution in [2.24, 2.45) is 0 Å². The molecular formula is C52H45NO. The maximum atomic E-state index is 7.11. The van der Waals surface area contributed by atoms with Gasteiger partial charge in [-0.1, -0.05) is 156 Å². The average Bonchev–Trinajstić information content (AvgIpc) is 3.71. The van der Waals surface area contributed by atoms with Gasteiger partial charge in [-0.3, -0.25) is 0 Å². The molecular weight excluding hydrogens is 655 g/mol. The first-order chi connectivity index (χ1) is 26.3. The van der Waals surface area contributed by atoms with Gasteiger partial charge in [-0.05, 0) is 98.5 Å². The van der Waals surface area contributed by atoms with E-state index in [0.717, 1.165) is 28.2 Å². The number of nitrogens with zero attached hydrogens (tertiary/aromatic N) is 1. The van der Waals surface area contributed by atoms with Crippen LogP contribution >= 0.6 is 0 Å². The fourth-order valence-corrected chi connectivity index (χ4v) is 10.9. The van der Waals surface area contributed by atoms with Gasteiger partial charge < -0.3 is 9.32 Å². The number of hydrogen-bond acceptors (Lipinski definition) is 2. The van der Waals surface area contributed by atoms with Crippen molar-refractivity contribution >= 4 is 49.8 Å². The summed E-state index contributed by atoms with van der Waals surface area (Å²) >= 11 is 0. The highest BCUT2D eigenvalue weighted by atomic mass is 16.3. The first-order valence-corrected chi connectivity index (χ1v) is 20.0. The average molecular weight is 700 g/mol. The summed E-state index contributed by atoms with van der Waals surface area (Å²) in [5.41, 5.74) is 17.6. The van der Waals surface area contributed by atoms with E-state index in [9.17, 15) is 0 Å². The number of fused-ring (bicyclic) bond motifs is 9. The largest absolute Gasteiger partial charge is 0.454 e. The van der Waals surface area contributed by atoms with E-state index >= 15 is 0 Å². The van der Waals surface area contributed by atoms with Crippen molar-refractivity contribution in [1.82, 2.24) is 0 Å². The Labute approximate surface area is 318 Å². The van der Waals surface area contributed by atoms with Crippen LogP contribution < -0.4 is 4.90 Å². The molecule has 3 aliphatic carbocycles. The molecule has 1 saturated carbocycles. The van der Waals surface area contributed by atoms with Crippen LogP contribution in [0.25, 0.3) is 55.0 Å². The van der Waals surface area contributed by atoms with Crippen LogP contribution in [0.15, 0.2) is 138 Å². The quantitative estimate of drug-likeness (QED) is 0.182. The predicted molar refractivity (Wildman–Crippen MR) is 227 cm³/mol. The molecule has 8 aromatic rings. The third-order valence-corrected chi connectivity index (χ3v) is 13.4. The van der Waals surface area contributed by atoms with Gasteiger partial charge in [0.2, 0.25) is 0 Å². The lowest BCUT2D eigenvalue weighted by atomic mass is 9.63. The lowest BCUT2D eigenvalue weighted by molar-refractivity contribution is 0.442. The Morgan fingerprint density at radius 1 is 0.481 bits per heavy atom. The minimum atomic E-state index is -0.211. The molecule has 0 saturated heterocycles. The summed E-state index contributed by atoms with van der Waals surface area (Å²) in [6.45, 7) is 9.73. The monoisotopic (exact) mass is 699 g/mol. The molecule has 1 heterocycles. The van der Waals surface area contributed by atoms with Crippen molar-refractivity contribution in [3.05, 3.63) is 161 Å². The number of rotatable bonds is 4. The maximum absolute atomic E-state index is 7.11. The van der Waals surface area contributed by atoms with E-state index in [2.05, 4.69) is 166 Å². The molecule has 1 aromatic heterocycles. The molecule has 0 amide bonds. The highest BCUT2D eigenvalue weighted by Crippen LogP contribution is 2.59. The molecule has 0 spiro atoms. The molecule has 2 heteroatoms. The molecule has 264 valence electrons. The van der Waals surface area contributed by atoms with Gasteiger partial charge >= 0.3 is 0 Å². The first-order valence-electron chi connectivity index (χ1n) is 20.0. The molecule has 1 fully saturated rings. The van der Waals surface area contributed by atoms with E-state index < -0.39 is 0 Å². The third-order valence-electron chi connectivity index (χ3n) is 13.4. The molecule has 0 unspecified atom stereocenters. The standard InChI is InChI=1S/C52H45NO/c1-51(2)42-25-12-11-20-35(42)37-28-29-38-36-30-31-44(41-24-14-26-43(46(36)41)52(3,4)48(38)47(37)51)53(33-18-9-6-10-19-33)45-27-15-23-40-39-22-13-21-34(49(39)54-50(40)45)32-16-7-5-8-17-32/h6,9-15,18-32H,5,7-8,16-17H2,1-4H3. The number of para-hydroxylation sites is 3. The third kappa shape index (κ3) is 4.28. The Bertz CT molecular complexity index is 2810. The molecule has 2 nitrogen and oxygen atoms in total. The van der Waals surface area contributed by atoms with Gasteiger partial charge in [-0.2, -0.15) is 0 Å². The summed E-state index contributed by atoms with van der Waals surface area (Å²) in [5, 5.41) is 5.00. The zero-order valence-corrected chi connectivity index (χ0v) is 31.7. The van der Waals surface area contributed by atoms with Gasteiger partial charge in [0.15, 0.2) is 5.58 Å². The first kappa shape index (κ1) is 31.9. The zero-order chi connectivity index (χ0) is 36.3. The van der Waals surface area contributed by atoms with Crippen molar-refractivity contribution in [2.75, 3.05) is 4.90 Å². The topological polar surface area (TPSA) is 16.4 Å². The highest BCUT2D eigenvalue weighted by Gasteiger charge is 2.44. The van der Waals surface area contributed by atoms with Gasteiger partial charge in [0, 0.05) is 32.7 Å². The van der Waals surface area contributed by atoms with Crippen molar-refractivity contribution < 1.29 is 4.42 Å². The van der Waals surface area contributed by atoms with Gasteiger partial charge in [-0.15, -0.1) is 0 Å². The summed E-state index contributed by atoms with van der Waals surface area (Å²) in [7, 11) is 0. The molecule has 0 radical (unpaired) electrons. The summed E-state index contributed by atoms with van der Waals surface area (Å²) in [5.74, 6) is 0.560. The Balaban J connectivity index is 1.16. The minimum Gasteiger partial charge on any atom is -0.454 e. The maximum Gasteiger partial charge on any atom is 0.159 e. The van der Waals surface area contributed by atoms with E-state index in [-0.39, 0.29) is 10.8 Å². The summed E-state index contributed by atoms with van der Waals surface area (Å²) in [4.78, 5) is 2.44. The molecule has 7 aromatic carbocycles. The number of anilines is 3. The summed E-state index contributed by atoms with van der Waals surface area (Å²) < 4.78 is 7.11. The van der Waals surface area contributed by atoms with Crippen LogP contribution in [0.2, 0.25) is 0 Å².